The summed E-state index contributed by atoms with van der Waals surface area (Å²) in [5.41, 5.74) is 3.89. The Balaban J connectivity index is 6.12. The van der Waals surface area contributed by atoms with E-state index in [1.807, 2.05) is 0 Å². The molecule has 94 valence electrons. The van der Waals surface area contributed by atoms with E-state index in [2.05, 4.69) is 77.3 Å². The van der Waals surface area contributed by atoms with E-state index in [0.717, 1.165) is 0 Å². The SMILES string of the molecule is CC#C[Si]([Si](C)(C)C)([Si](C)(C)C)[Si](C)(C)C. The van der Waals surface area contributed by atoms with Crippen molar-refractivity contribution in [1.82, 2.24) is 0 Å². The van der Waals surface area contributed by atoms with Crippen LogP contribution in [-0.2, 0) is 0 Å². The minimum atomic E-state index is -1.34. The fourth-order valence-electron chi connectivity index (χ4n) is 4.12. The Morgan fingerprint density at radius 1 is 0.562 bits per heavy atom. The maximum absolute atomic E-state index is 3.89. The van der Waals surface area contributed by atoms with Gasteiger partial charge in [0, 0.05) is 22.8 Å². The van der Waals surface area contributed by atoms with Crippen molar-refractivity contribution in [3.8, 4) is 11.5 Å². The molecule has 0 aromatic heterocycles. The smallest absolute Gasteiger partial charge is 0.114 e. The molecule has 0 heterocycles. The Morgan fingerprint density at radius 2 is 0.812 bits per heavy atom. The first-order valence-electron chi connectivity index (χ1n) is 6.25. The zero-order valence-corrected chi connectivity index (χ0v) is 17.0. The molecule has 0 aliphatic rings. The van der Waals surface area contributed by atoms with Gasteiger partial charge in [-0.2, -0.15) is 0 Å². The molecular weight excluding hydrogens is 256 g/mol. The van der Waals surface area contributed by atoms with Crippen LogP contribution in [-0.4, -0.2) is 29.4 Å². The van der Waals surface area contributed by atoms with Gasteiger partial charge in [0.2, 0.25) is 0 Å². The number of rotatable bonds is 3. The zero-order chi connectivity index (χ0) is 13.4. The lowest BCUT2D eigenvalue weighted by Gasteiger charge is -2.53. The summed E-state index contributed by atoms with van der Waals surface area (Å²) in [6.45, 7) is 24.0. The van der Waals surface area contributed by atoms with Gasteiger partial charge in [-0.3, -0.25) is 0 Å². The molecule has 0 saturated heterocycles. The molecule has 0 spiro atoms. The van der Waals surface area contributed by atoms with Gasteiger partial charge in [-0.25, -0.2) is 0 Å². The van der Waals surface area contributed by atoms with Gasteiger partial charge in [-0.15, -0.1) is 11.5 Å². The molecule has 0 aliphatic heterocycles. The lowest BCUT2D eigenvalue weighted by molar-refractivity contribution is 1.74. The van der Waals surface area contributed by atoms with Crippen LogP contribution in [0.5, 0.6) is 0 Å². The van der Waals surface area contributed by atoms with Gasteiger partial charge in [0.25, 0.3) is 0 Å². The molecule has 16 heavy (non-hydrogen) atoms. The van der Waals surface area contributed by atoms with Crippen LogP contribution in [0.2, 0.25) is 58.9 Å². The highest BCUT2D eigenvalue weighted by Crippen LogP contribution is 2.36. The molecular formula is C12H30Si4. The van der Waals surface area contributed by atoms with E-state index < -0.39 is 29.4 Å². The van der Waals surface area contributed by atoms with Crippen molar-refractivity contribution in [2.45, 2.75) is 65.8 Å². The van der Waals surface area contributed by atoms with Crippen molar-refractivity contribution in [3.63, 3.8) is 0 Å². The first kappa shape index (κ1) is 16.4. The second-order valence-electron chi connectivity index (χ2n) is 7.88. The van der Waals surface area contributed by atoms with Crippen LogP contribution >= 0.6 is 0 Å². The Kier molecular flexibility index (Phi) is 4.72. The molecule has 0 rings (SSSR count). The molecule has 0 aromatic carbocycles. The molecule has 0 radical (unpaired) electrons. The molecule has 0 aromatic rings. The van der Waals surface area contributed by atoms with Crippen LogP contribution in [0.25, 0.3) is 0 Å². The van der Waals surface area contributed by atoms with E-state index in [0.29, 0.717) is 0 Å². The lowest BCUT2D eigenvalue weighted by Crippen LogP contribution is -2.82. The second kappa shape index (κ2) is 4.60. The molecule has 0 aliphatic carbocycles. The molecule has 0 N–H and O–H groups in total. The molecule has 0 atom stereocenters. The summed E-state index contributed by atoms with van der Waals surface area (Å²) in [7, 11) is -3.42. The van der Waals surface area contributed by atoms with E-state index in [-0.39, 0.29) is 0 Å². The highest BCUT2D eigenvalue weighted by molar-refractivity contribution is 7.91. The van der Waals surface area contributed by atoms with Crippen LogP contribution < -0.4 is 0 Å². The molecule has 0 nitrogen and oxygen atoms in total. The maximum atomic E-state index is 3.89. The van der Waals surface area contributed by atoms with Crippen molar-refractivity contribution in [2.75, 3.05) is 0 Å². The predicted molar refractivity (Wildman–Crippen MR) is 89.2 cm³/mol. The van der Waals surface area contributed by atoms with Gasteiger partial charge in [-0.1, -0.05) is 58.9 Å². The standard InChI is InChI=1S/C12H30Si4/c1-11-12-16(13(2,3)4,14(5,6)7)15(8,9)10/h1-10H3. The average molecular weight is 287 g/mol. The number of hydrogen-bond donors (Lipinski definition) is 0. The van der Waals surface area contributed by atoms with Crippen molar-refractivity contribution < 1.29 is 0 Å². The van der Waals surface area contributed by atoms with Crippen molar-refractivity contribution in [1.29, 1.82) is 0 Å². The van der Waals surface area contributed by atoms with Gasteiger partial charge < -0.3 is 0 Å². The van der Waals surface area contributed by atoms with Gasteiger partial charge >= 0.3 is 0 Å². The normalized spacial score (nSPS) is 14.4. The molecule has 0 fully saturated rings. The van der Waals surface area contributed by atoms with Crippen LogP contribution in [0.3, 0.4) is 0 Å². The zero-order valence-electron chi connectivity index (χ0n) is 13.0. The second-order valence-corrected chi connectivity index (χ2v) is 47.9. The third-order valence-electron chi connectivity index (χ3n) is 3.69. The average Bonchev–Trinajstić information content (AvgIpc) is 1.91. The third kappa shape index (κ3) is 2.63. The fourth-order valence-corrected chi connectivity index (χ4v) is 97.9. The summed E-state index contributed by atoms with van der Waals surface area (Å²) in [6, 6.07) is 0. The highest BCUT2D eigenvalue weighted by Gasteiger charge is 2.61. The van der Waals surface area contributed by atoms with Crippen LogP contribution in [0, 0.1) is 11.5 Å². The lowest BCUT2D eigenvalue weighted by atomic mass is 10.8. The maximum Gasteiger partial charge on any atom is 0.114 e. The van der Waals surface area contributed by atoms with E-state index in [4.69, 9.17) is 0 Å². The van der Waals surface area contributed by atoms with Crippen LogP contribution in [0.1, 0.15) is 6.92 Å². The van der Waals surface area contributed by atoms with Gasteiger partial charge in [-0.05, 0) is 6.92 Å². The summed E-state index contributed by atoms with van der Waals surface area (Å²) in [5.74, 6) is 3.34. The Bertz CT molecular complexity index is 265. The fraction of sp³-hybridized carbons (Fsp3) is 0.833. The largest absolute Gasteiger partial charge is 0.141 e. The van der Waals surface area contributed by atoms with Gasteiger partial charge in [0.15, 0.2) is 0 Å². The third-order valence-corrected chi connectivity index (χ3v) is 72.9. The highest BCUT2D eigenvalue weighted by atomic mass is 29.9. The van der Waals surface area contributed by atoms with E-state index >= 15 is 0 Å². The minimum absolute atomic E-state index is 1.14. The Morgan fingerprint density at radius 3 is 0.875 bits per heavy atom. The summed E-state index contributed by atoms with van der Waals surface area (Å²) in [4.78, 5) is 0. The van der Waals surface area contributed by atoms with E-state index in [1.54, 1.807) is 0 Å². The quantitative estimate of drug-likeness (QED) is 0.537. The van der Waals surface area contributed by atoms with Crippen LogP contribution in [0.4, 0.5) is 0 Å². The van der Waals surface area contributed by atoms with Gasteiger partial charge in [0.05, 0.1) is 0 Å². The van der Waals surface area contributed by atoms with E-state index in [1.165, 1.54) is 0 Å². The number of hydrogen-bond acceptors (Lipinski definition) is 0. The summed E-state index contributed by atoms with van der Waals surface area (Å²) >= 11 is 0. The van der Waals surface area contributed by atoms with Crippen molar-refractivity contribution >= 4 is 29.4 Å². The Labute approximate surface area is 107 Å². The van der Waals surface area contributed by atoms with Gasteiger partial charge in [0.1, 0.15) is 6.63 Å². The predicted octanol–water partition coefficient (Wildman–Crippen LogP) is 4.25. The first-order valence-corrected chi connectivity index (χ1v) is 21.8. The monoisotopic (exact) mass is 286 g/mol. The van der Waals surface area contributed by atoms with Crippen molar-refractivity contribution in [3.05, 3.63) is 0 Å². The van der Waals surface area contributed by atoms with Crippen LogP contribution in [0.15, 0.2) is 0 Å². The summed E-state index contributed by atoms with van der Waals surface area (Å²) in [6.07, 6.45) is 0. The molecule has 0 amide bonds. The topological polar surface area (TPSA) is 0 Å². The van der Waals surface area contributed by atoms with Crippen molar-refractivity contribution in [2.24, 2.45) is 0 Å². The first-order chi connectivity index (χ1) is 6.81. The molecule has 4 heteroatoms. The molecule has 0 saturated carbocycles. The molecule has 0 unspecified atom stereocenters. The molecule has 0 bridgehead atoms. The van der Waals surface area contributed by atoms with E-state index in [9.17, 15) is 0 Å². The Hall–Kier alpha value is 0.428. The summed E-state index contributed by atoms with van der Waals surface area (Å²) in [5, 5.41) is 0. The minimum Gasteiger partial charge on any atom is -0.141 e. The summed E-state index contributed by atoms with van der Waals surface area (Å²) < 4.78 is 0.